The summed E-state index contributed by atoms with van der Waals surface area (Å²) in [6, 6.07) is 11.4. The van der Waals surface area contributed by atoms with Gasteiger partial charge in [-0.3, -0.25) is 0 Å². The Morgan fingerprint density at radius 2 is 2.11 bits per heavy atom. The first-order valence-corrected chi connectivity index (χ1v) is 9.35. The summed E-state index contributed by atoms with van der Waals surface area (Å²) < 4.78 is 17.2. The summed E-state index contributed by atoms with van der Waals surface area (Å²) >= 11 is 0. The number of rotatable bonds is 5. The molecule has 2 aromatic carbocycles. The van der Waals surface area contributed by atoms with Gasteiger partial charge in [0.2, 0.25) is 0 Å². The number of nitrogens with one attached hydrogen (secondary N) is 2. The highest BCUT2D eigenvalue weighted by Gasteiger charge is 2.25. The molecule has 2 atom stereocenters. The maximum atomic E-state index is 12.4. The van der Waals surface area contributed by atoms with Crippen LogP contribution in [0.5, 0.6) is 17.2 Å². The molecule has 142 valence electrons. The lowest BCUT2D eigenvalue weighted by molar-refractivity contribution is 0.231. The van der Waals surface area contributed by atoms with Crippen LogP contribution in [0.25, 0.3) is 0 Å². The van der Waals surface area contributed by atoms with Gasteiger partial charge in [-0.15, -0.1) is 0 Å². The van der Waals surface area contributed by atoms with E-state index in [0.29, 0.717) is 19.8 Å². The molecule has 0 spiro atoms. The normalized spacial score (nSPS) is 19.5. The molecule has 2 N–H and O–H groups in total. The molecule has 0 radical (unpaired) electrons. The number of para-hydroxylation sites is 1. The van der Waals surface area contributed by atoms with Crippen molar-refractivity contribution in [3.8, 4) is 17.2 Å². The van der Waals surface area contributed by atoms with Gasteiger partial charge in [0.25, 0.3) is 0 Å². The molecule has 27 heavy (non-hydrogen) atoms. The molecule has 2 aliphatic rings. The lowest BCUT2D eigenvalue weighted by Crippen LogP contribution is -2.38. The zero-order chi connectivity index (χ0) is 18.8. The Labute approximate surface area is 158 Å². The van der Waals surface area contributed by atoms with Crippen molar-refractivity contribution in [2.24, 2.45) is 0 Å². The van der Waals surface area contributed by atoms with Crippen LogP contribution in [0.3, 0.4) is 0 Å². The second-order valence-electron chi connectivity index (χ2n) is 6.86. The zero-order valence-corrected chi connectivity index (χ0v) is 15.6. The summed E-state index contributed by atoms with van der Waals surface area (Å²) in [6.07, 6.45) is 1.05. The molecular formula is C21H24N2O4. The predicted molar refractivity (Wildman–Crippen MR) is 101 cm³/mol. The third-order valence-corrected chi connectivity index (χ3v) is 4.82. The standard InChI is InChI=1S/C21H24N2O4/c1-3-25-19-9-14-8-13(2)27-20(14)10-15(19)11-22-21(24)23-17-12-26-18-7-5-4-6-16(17)18/h4-7,9-10,13,17H,3,8,11-12H2,1-2H3,(H2,22,23,24)/t13-,17-/m0/s1. The fourth-order valence-electron chi connectivity index (χ4n) is 3.58. The van der Waals surface area contributed by atoms with E-state index < -0.39 is 0 Å². The number of hydrogen-bond acceptors (Lipinski definition) is 4. The van der Waals surface area contributed by atoms with Crippen LogP contribution in [-0.2, 0) is 13.0 Å². The zero-order valence-electron chi connectivity index (χ0n) is 15.6. The van der Waals surface area contributed by atoms with Gasteiger partial charge in [0, 0.05) is 29.7 Å². The second kappa shape index (κ2) is 7.39. The Morgan fingerprint density at radius 3 is 2.96 bits per heavy atom. The van der Waals surface area contributed by atoms with Crippen LogP contribution in [0.1, 0.15) is 36.6 Å². The fraction of sp³-hybridized carbons (Fsp3) is 0.381. The third-order valence-electron chi connectivity index (χ3n) is 4.82. The summed E-state index contributed by atoms with van der Waals surface area (Å²) in [6.45, 7) is 5.38. The van der Waals surface area contributed by atoms with Gasteiger partial charge in [-0.25, -0.2) is 4.79 Å². The number of amides is 2. The molecule has 6 heteroatoms. The van der Waals surface area contributed by atoms with Crippen LogP contribution in [0, 0.1) is 0 Å². The number of ether oxygens (including phenoxy) is 3. The number of urea groups is 1. The average Bonchev–Trinajstić information content (AvgIpc) is 3.22. The van der Waals surface area contributed by atoms with Gasteiger partial charge >= 0.3 is 6.03 Å². The summed E-state index contributed by atoms with van der Waals surface area (Å²) in [5.41, 5.74) is 3.06. The van der Waals surface area contributed by atoms with Crippen LogP contribution in [0.2, 0.25) is 0 Å². The van der Waals surface area contributed by atoms with E-state index in [0.717, 1.165) is 40.4 Å². The number of hydrogen-bond donors (Lipinski definition) is 2. The van der Waals surface area contributed by atoms with Crippen LogP contribution in [-0.4, -0.2) is 25.3 Å². The minimum absolute atomic E-state index is 0.142. The molecule has 0 bridgehead atoms. The van der Waals surface area contributed by atoms with Crippen LogP contribution < -0.4 is 24.8 Å². The molecule has 2 heterocycles. The molecular weight excluding hydrogens is 344 g/mol. The first-order valence-electron chi connectivity index (χ1n) is 9.35. The quantitative estimate of drug-likeness (QED) is 0.849. The second-order valence-corrected chi connectivity index (χ2v) is 6.86. The van der Waals surface area contributed by atoms with Crippen molar-refractivity contribution in [2.45, 2.75) is 39.0 Å². The van der Waals surface area contributed by atoms with E-state index in [1.165, 1.54) is 0 Å². The van der Waals surface area contributed by atoms with Crippen molar-refractivity contribution < 1.29 is 19.0 Å². The molecule has 0 fully saturated rings. The Balaban J connectivity index is 1.41. The van der Waals surface area contributed by atoms with E-state index in [4.69, 9.17) is 14.2 Å². The summed E-state index contributed by atoms with van der Waals surface area (Å²) in [4.78, 5) is 12.4. The van der Waals surface area contributed by atoms with E-state index in [-0.39, 0.29) is 18.2 Å². The minimum atomic E-state index is -0.238. The van der Waals surface area contributed by atoms with E-state index in [9.17, 15) is 4.79 Å². The summed E-state index contributed by atoms with van der Waals surface area (Å²) in [7, 11) is 0. The number of carbonyl (C=O) groups excluding carboxylic acids is 1. The van der Waals surface area contributed by atoms with Crippen LogP contribution >= 0.6 is 0 Å². The van der Waals surface area contributed by atoms with E-state index in [1.807, 2.05) is 50.2 Å². The van der Waals surface area contributed by atoms with E-state index in [2.05, 4.69) is 10.6 Å². The molecule has 0 aliphatic carbocycles. The predicted octanol–water partition coefficient (Wildman–Crippen LogP) is 3.34. The van der Waals surface area contributed by atoms with Crippen LogP contribution in [0.15, 0.2) is 36.4 Å². The summed E-state index contributed by atoms with van der Waals surface area (Å²) in [5.74, 6) is 2.50. The highest BCUT2D eigenvalue weighted by molar-refractivity contribution is 5.75. The van der Waals surface area contributed by atoms with Crippen molar-refractivity contribution in [2.75, 3.05) is 13.2 Å². The van der Waals surface area contributed by atoms with Gasteiger partial charge in [0.1, 0.15) is 30.0 Å². The maximum Gasteiger partial charge on any atom is 0.315 e. The SMILES string of the molecule is CCOc1cc2c(cc1CNC(=O)N[C@H]1COc3ccccc31)O[C@@H](C)C2. The highest BCUT2D eigenvalue weighted by atomic mass is 16.5. The smallest absolute Gasteiger partial charge is 0.315 e. The number of carbonyl (C=O) groups is 1. The maximum absolute atomic E-state index is 12.4. The first-order chi connectivity index (χ1) is 13.1. The monoisotopic (exact) mass is 368 g/mol. The highest BCUT2D eigenvalue weighted by Crippen LogP contribution is 2.35. The third kappa shape index (κ3) is 3.65. The minimum Gasteiger partial charge on any atom is -0.494 e. The Bertz CT molecular complexity index is 852. The number of benzene rings is 2. The Morgan fingerprint density at radius 1 is 1.26 bits per heavy atom. The van der Waals surface area contributed by atoms with Gasteiger partial charge in [-0.05, 0) is 32.0 Å². The molecule has 0 saturated heterocycles. The lowest BCUT2D eigenvalue weighted by atomic mass is 10.1. The van der Waals surface area contributed by atoms with Crippen molar-refractivity contribution >= 4 is 6.03 Å². The van der Waals surface area contributed by atoms with Crippen molar-refractivity contribution in [3.63, 3.8) is 0 Å². The fourth-order valence-corrected chi connectivity index (χ4v) is 3.58. The summed E-state index contributed by atoms with van der Waals surface area (Å²) in [5, 5.41) is 5.89. The van der Waals surface area contributed by atoms with Crippen molar-refractivity contribution in [1.82, 2.24) is 10.6 Å². The molecule has 0 unspecified atom stereocenters. The lowest BCUT2D eigenvalue weighted by Gasteiger charge is -2.15. The van der Waals surface area contributed by atoms with Gasteiger partial charge in [-0.2, -0.15) is 0 Å². The average molecular weight is 368 g/mol. The molecule has 6 nitrogen and oxygen atoms in total. The molecule has 4 rings (SSSR count). The van der Waals surface area contributed by atoms with Gasteiger partial charge in [0.15, 0.2) is 0 Å². The number of fused-ring (bicyclic) bond motifs is 2. The largest absolute Gasteiger partial charge is 0.494 e. The van der Waals surface area contributed by atoms with Gasteiger partial charge in [-0.1, -0.05) is 18.2 Å². The van der Waals surface area contributed by atoms with Crippen molar-refractivity contribution in [3.05, 3.63) is 53.1 Å². The van der Waals surface area contributed by atoms with Gasteiger partial charge in [0.05, 0.1) is 12.6 Å². The molecule has 0 saturated carbocycles. The van der Waals surface area contributed by atoms with E-state index >= 15 is 0 Å². The molecule has 2 amide bonds. The first kappa shape index (κ1) is 17.5. The molecule has 2 aromatic rings. The topological polar surface area (TPSA) is 68.8 Å². The van der Waals surface area contributed by atoms with Crippen molar-refractivity contribution in [1.29, 1.82) is 0 Å². The molecule has 0 aromatic heterocycles. The Hall–Kier alpha value is -2.89. The van der Waals surface area contributed by atoms with Gasteiger partial charge < -0.3 is 24.8 Å². The van der Waals surface area contributed by atoms with Crippen LogP contribution in [0.4, 0.5) is 4.79 Å². The molecule has 2 aliphatic heterocycles. The van der Waals surface area contributed by atoms with E-state index in [1.54, 1.807) is 0 Å². The Kier molecular flexibility index (Phi) is 4.79.